The number of thiophene rings is 1. The first-order chi connectivity index (χ1) is 20.8. The van der Waals surface area contributed by atoms with Gasteiger partial charge >= 0.3 is 12.1 Å². The van der Waals surface area contributed by atoms with E-state index < -0.39 is 22.6 Å². The Kier molecular flexibility index (Phi) is 12.6. The van der Waals surface area contributed by atoms with Crippen LogP contribution in [0.2, 0.25) is 0 Å². The highest BCUT2D eigenvalue weighted by Gasteiger charge is 2.35. The number of halogens is 3. The summed E-state index contributed by atoms with van der Waals surface area (Å²) in [4.78, 5) is 23.9. The van der Waals surface area contributed by atoms with E-state index in [9.17, 15) is 28.1 Å². The third-order valence-electron chi connectivity index (χ3n) is 7.24. The zero-order valence-corrected chi connectivity index (χ0v) is 26.6. The fourth-order valence-corrected chi connectivity index (χ4v) is 5.87. The molecule has 2 aromatic carbocycles. The largest absolute Gasteiger partial charge is 0.490 e. The van der Waals surface area contributed by atoms with Crippen molar-refractivity contribution >= 4 is 34.6 Å². The van der Waals surface area contributed by atoms with Crippen LogP contribution in [0.5, 0.6) is 11.5 Å². The number of nitrogens with zero attached hydrogens (tertiary/aromatic N) is 1. The fourth-order valence-electron chi connectivity index (χ4n) is 4.87. The Morgan fingerprint density at radius 3 is 2.18 bits per heavy atom. The molecule has 4 rings (SSSR count). The lowest BCUT2D eigenvalue weighted by Crippen LogP contribution is -2.14. The van der Waals surface area contributed by atoms with Gasteiger partial charge in [-0.3, -0.25) is 10.1 Å². The second-order valence-electron chi connectivity index (χ2n) is 11.1. The highest BCUT2D eigenvalue weighted by atomic mass is 32.1. The molecule has 44 heavy (non-hydrogen) atoms. The topological polar surface area (TPSA) is 78.7 Å². The first-order valence-corrected chi connectivity index (χ1v) is 15.8. The first-order valence-electron chi connectivity index (χ1n) is 15.0. The van der Waals surface area contributed by atoms with Crippen molar-refractivity contribution in [3.05, 3.63) is 85.1 Å². The Balaban J connectivity index is 0.000000978. The second-order valence-corrected chi connectivity index (χ2v) is 12.2. The summed E-state index contributed by atoms with van der Waals surface area (Å²) in [5.74, 6) is -0.548. The van der Waals surface area contributed by atoms with E-state index in [1.54, 1.807) is 25.1 Å². The van der Waals surface area contributed by atoms with Gasteiger partial charge < -0.3 is 9.47 Å². The standard InChI is InChI=1S/C29H28F3NO5S.C5H12/c1-17(2)24(23-13-12-22(15-25(23)29(30,31)32)37-20-6-4-5-7-20)16-26-18(3)14-27(39-26)28(34)38-21-10-8-19(9-11-21)33(35)36;1-3-5-4-2/h8-17,20H,4-7H2,1-3H3;3-5H2,1-2H3/b24-16+;. The zero-order chi connectivity index (χ0) is 32.4. The van der Waals surface area contributed by atoms with Gasteiger partial charge in [-0.25, -0.2) is 4.79 Å². The number of benzene rings is 2. The van der Waals surface area contributed by atoms with Crippen molar-refractivity contribution in [1.29, 1.82) is 0 Å². The molecule has 1 aromatic heterocycles. The van der Waals surface area contributed by atoms with Gasteiger partial charge in [0.05, 0.1) is 16.6 Å². The number of unbranched alkanes of at least 4 members (excludes halogenated alkanes) is 2. The molecule has 0 spiro atoms. The molecule has 1 saturated carbocycles. The molecule has 0 N–H and O–H groups in total. The SMILES string of the molecule is CCCCC.Cc1cc(C(=O)Oc2ccc([N+](=O)[O-])cc2)sc1/C=C(/c1ccc(OC2CCCC2)cc1C(F)(F)F)C(C)C. The van der Waals surface area contributed by atoms with Crippen molar-refractivity contribution in [2.75, 3.05) is 0 Å². The summed E-state index contributed by atoms with van der Waals surface area (Å²) in [6.07, 6.45) is 4.83. The summed E-state index contributed by atoms with van der Waals surface area (Å²) < 4.78 is 53.7. The van der Waals surface area contributed by atoms with E-state index in [1.165, 1.54) is 49.6 Å². The van der Waals surface area contributed by atoms with E-state index in [0.717, 1.165) is 43.1 Å². The van der Waals surface area contributed by atoms with Gasteiger partial charge in [-0.1, -0.05) is 53.0 Å². The molecular formula is C34H40F3NO5S. The monoisotopic (exact) mass is 631 g/mol. The van der Waals surface area contributed by atoms with E-state index in [-0.39, 0.29) is 39.6 Å². The molecule has 3 aromatic rings. The number of nitro benzene ring substituents is 1. The fraction of sp³-hybridized carbons (Fsp3) is 0.441. The average molecular weight is 632 g/mol. The second kappa shape index (κ2) is 15.9. The molecule has 1 heterocycles. The van der Waals surface area contributed by atoms with Crippen LogP contribution in [0, 0.1) is 23.0 Å². The molecular weight excluding hydrogens is 591 g/mol. The van der Waals surface area contributed by atoms with Crippen molar-refractivity contribution < 1.29 is 32.4 Å². The summed E-state index contributed by atoms with van der Waals surface area (Å²) in [6, 6.07) is 10.9. The number of aryl methyl sites for hydroxylation is 1. The van der Waals surface area contributed by atoms with E-state index in [0.29, 0.717) is 16.0 Å². The summed E-state index contributed by atoms with van der Waals surface area (Å²) in [5.41, 5.74) is 0.370. The maximum absolute atomic E-state index is 14.2. The van der Waals surface area contributed by atoms with Crippen LogP contribution >= 0.6 is 11.3 Å². The molecule has 6 nitrogen and oxygen atoms in total. The van der Waals surface area contributed by atoms with Gasteiger partial charge in [-0.2, -0.15) is 13.2 Å². The van der Waals surface area contributed by atoms with Crippen molar-refractivity contribution in [2.45, 2.75) is 91.8 Å². The number of alkyl halides is 3. The number of carbonyl (C=O) groups excluding carboxylic acids is 1. The van der Waals surface area contributed by atoms with Crippen LogP contribution in [0.4, 0.5) is 18.9 Å². The van der Waals surface area contributed by atoms with Gasteiger partial charge in [0.2, 0.25) is 0 Å². The quantitative estimate of drug-likeness (QED) is 0.0963. The Hall–Kier alpha value is -3.66. The molecule has 10 heteroatoms. The number of carbonyl (C=O) groups is 1. The predicted octanol–water partition coefficient (Wildman–Crippen LogP) is 10.9. The number of nitro groups is 1. The minimum atomic E-state index is -4.58. The number of allylic oxidation sites excluding steroid dienone is 1. The molecule has 1 aliphatic rings. The van der Waals surface area contributed by atoms with Gasteiger partial charge in [0.15, 0.2) is 0 Å². The summed E-state index contributed by atoms with van der Waals surface area (Å²) in [6.45, 7) is 9.84. The van der Waals surface area contributed by atoms with Crippen LogP contribution in [-0.2, 0) is 6.18 Å². The molecule has 0 atom stereocenters. The van der Waals surface area contributed by atoms with Crippen LogP contribution < -0.4 is 9.47 Å². The lowest BCUT2D eigenvalue weighted by atomic mass is 9.90. The number of hydrogen-bond donors (Lipinski definition) is 0. The molecule has 0 saturated heterocycles. The normalized spacial score (nSPS) is 13.9. The summed E-state index contributed by atoms with van der Waals surface area (Å²) in [5, 5.41) is 10.8. The van der Waals surface area contributed by atoms with Gasteiger partial charge in [-0.05, 0) is 91.6 Å². The van der Waals surface area contributed by atoms with Gasteiger partial charge in [-0.15, -0.1) is 11.3 Å². The molecule has 0 radical (unpaired) electrons. The van der Waals surface area contributed by atoms with E-state index in [1.807, 2.05) is 13.8 Å². The van der Waals surface area contributed by atoms with Gasteiger partial charge in [0.25, 0.3) is 5.69 Å². The third kappa shape index (κ3) is 9.67. The molecule has 0 unspecified atom stereocenters. The van der Waals surface area contributed by atoms with Crippen molar-refractivity contribution in [3.8, 4) is 11.5 Å². The van der Waals surface area contributed by atoms with Crippen molar-refractivity contribution in [3.63, 3.8) is 0 Å². The van der Waals surface area contributed by atoms with E-state index >= 15 is 0 Å². The molecule has 0 amide bonds. The molecule has 238 valence electrons. The van der Waals surface area contributed by atoms with Crippen molar-refractivity contribution in [2.24, 2.45) is 5.92 Å². The van der Waals surface area contributed by atoms with Crippen molar-refractivity contribution in [1.82, 2.24) is 0 Å². The minimum Gasteiger partial charge on any atom is -0.490 e. The summed E-state index contributed by atoms with van der Waals surface area (Å²) >= 11 is 1.11. The minimum absolute atomic E-state index is 0.0602. The number of ether oxygens (including phenoxy) is 2. The van der Waals surface area contributed by atoms with Crippen LogP contribution in [0.25, 0.3) is 11.6 Å². The van der Waals surface area contributed by atoms with Gasteiger partial charge in [0.1, 0.15) is 16.4 Å². The number of esters is 1. The Morgan fingerprint density at radius 2 is 1.66 bits per heavy atom. The van der Waals surface area contributed by atoms with Gasteiger partial charge in [0, 0.05) is 17.0 Å². The lowest BCUT2D eigenvalue weighted by Gasteiger charge is -2.21. The Morgan fingerprint density at radius 1 is 1.05 bits per heavy atom. The third-order valence-corrected chi connectivity index (χ3v) is 8.41. The first kappa shape index (κ1) is 34.8. The number of hydrogen-bond acceptors (Lipinski definition) is 6. The Labute approximate surface area is 261 Å². The average Bonchev–Trinajstić information content (AvgIpc) is 3.61. The summed E-state index contributed by atoms with van der Waals surface area (Å²) in [7, 11) is 0. The van der Waals surface area contributed by atoms with E-state index in [2.05, 4.69) is 13.8 Å². The smallest absolute Gasteiger partial charge is 0.417 e. The Bertz CT molecular complexity index is 1440. The molecule has 1 aliphatic carbocycles. The lowest BCUT2D eigenvalue weighted by molar-refractivity contribution is -0.384. The molecule has 0 bridgehead atoms. The number of rotatable bonds is 10. The van der Waals surface area contributed by atoms with Crippen LogP contribution in [-0.4, -0.2) is 17.0 Å². The molecule has 0 aliphatic heterocycles. The highest BCUT2D eigenvalue weighted by Crippen LogP contribution is 2.41. The van der Waals surface area contributed by atoms with Crippen LogP contribution in [0.1, 0.15) is 104 Å². The molecule has 1 fully saturated rings. The maximum atomic E-state index is 14.2. The maximum Gasteiger partial charge on any atom is 0.417 e. The zero-order valence-electron chi connectivity index (χ0n) is 25.8. The van der Waals surface area contributed by atoms with Crippen LogP contribution in [0.15, 0.2) is 48.5 Å². The predicted molar refractivity (Wildman–Crippen MR) is 169 cm³/mol. The highest BCUT2D eigenvalue weighted by molar-refractivity contribution is 7.15. The van der Waals surface area contributed by atoms with E-state index in [4.69, 9.17) is 9.47 Å². The van der Waals surface area contributed by atoms with Crippen LogP contribution in [0.3, 0.4) is 0 Å². The number of non-ortho nitro benzene ring substituents is 1.